The number of hydrogen-bond acceptors (Lipinski definition) is 4. The second-order valence-corrected chi connectivity index (χ2v) is 4.78. The number of hydrogen-bond donors (Lipinski definition) is 1. The molecular formula is C13H23NO3. The van der Waals surface area contributed by atoms with Crippen molar-refractivity contribution in [3.8, 4) is 0 Å². The normalized spacial score (nSPS) is 24.5. The van der Waals surface area contributed by atoms with E-state index in [1.165, 1.54) is 7.11 Å². The third-order valence-electron chi connectivity index (χ3n) is 3.39. The molecule has 1 fully saturated rings. The van der Waals surface area contributed by atoms with E-state index in [2.05, 4.69) is 9.64 Å². The average molecular weight is 241 g/mol. The summed E-state index contributed by atoms with van der Waals surface area (Å²) in [7, 11) is 1.39. The van der Waals surface area contributed by atoms with Crippen molar-refractivity contribution in [2.24, 2.45) is 5.92 Å². The lowest BCUT2D eigenvalue weighted by atomic mass is 9.93. The zero-order valence-corrected chi connectivity index (χ0v) is 11.0. The molecule has 1 N–H and O–H groups in total. The summed E-state index contributed by atoms with van der Waals surface area (Å²) >= 11 is 0. The molecule has 1 rings (SSSR count). The van der Waals surface area contributed by atoms with E-state index in [0.717, 1.165) is 32.5 Å². The Morgan fingerprint density at radius 2 is 2.35 bits per heavy atom. The van der Waals surface area contributed by atoms with Crippen LogP contribution in [0.3, 0.4) is 0 Å². The van der Waals surface area contributed by atoms with E-state index in [1.807, 2.05) is 13.0 Å². The zero-order chi connectivity index (χ0) is 12.8. The van der Waals surface area contributed by atoms with Gasteiger partial charge in [0.05, 0.1) is 13.2 Å². The number of carbonyl (C=O) groups is 1. The van der Waals surface area contributed by atoms with Gasteiger partial charge in [-0.15, -0.1) is 0 Å². The van der Waals surface area contributed by atoms with Crippen molar-refractivity contribution in [3.63, 3.8) is 0 Å². The Balaban J connectivity index is 2.44. The molecule has 2 unspecified atom stereocenters. The fourth-order valence-corrected chi connectivity index (χ4v) is 2.16. The van der Waals surface area contributed by atoms with E-state index in [0.29, 0.717) is 11.5 Å². The molecule has 0 radical (unpaired) electrons. The number of piperidine rings is 1. The molecule has 0 aromatic rings. The number of likely N-dealkylation sites (tertiary alicyclic amines) is 1. The molecule has 0 bridgehead atoms. The molecule has 1 saturated heterocycles. The summed E-state index contributed by atoms with van der Waals surface area (Å²) in [5.41, 5.74) is 0.645. The zero-order valence-electron chi connectivity index (χ0n) is 11.0. The minimum Gasteiger partial charge on any atom is -0.466 e. The Bertz CT molecular complexity index is 286. The Labute approximate surface area is 103 Å². The topological polar surface area (TPSA) is 49.8 Å². The van der Waals surface area contributed by atoms with Crippen LogP contribution in [-0.2, 0) is 9.53 Å². The van der Waals surface area contributed by atoms with Crippen LogP contribution in [0.2, 0.25) is 0 Å². The molecule has 1 aliphatic rings. The number of rotatable bonds is 4. The lowest BCUT2D eigenvalue weighted by Gasteiger charge is -2.33. The highest BCUT2D eigenvalue weighted by molar-refractivity contribution is 5.87. The molecule has 1 heterocycles. The van der Waals surface area contributed by atoms with E-state index in [1.54, 1.807) is 6.92 Å². The Morgan fingerprint density at radius 1 is 1.65 bits per heavy atom. The minimum atomic E-state index is -0.269. The molecule has 4 nitrogen and oxygen atoms in total. The van der Waals surface area contributed by atoms with Crippen LogP contribution >= 0.6 is 0 Å². The first-order valence-corrected chi connectivity index (χ1v) is 6.20. The molecule has 2 atom stereocenters. The SMILES string of the molecule is COC(=O)C(C)=CCN1CCCC(C(C)O)C1. The van der Waals surface area contributed by atoms with Crippen LogP contribution in [0.15, 0.2) is 11.6 Å². The van der Waals surface area contributed by atoms with E-state index in [9.17, 15) is 9.90 Å². The standard InChI is InChI=1S/C13H23NO3/c1-10(13(16)17-3)6-8-14-7-4-5-12(9-14)11(2)15/h6,11-12,15H,4-5,7-9H2,1-3H3. The second-order valence-electron chi connectivity index (χ2n) is 4.78. The van der Waals surface area contributed by atoms with Gasteiger partial charge in [0.15, 0.2) is 0 Å². The molecule has 0 aliphatic carbocycles. The highest BCUT2D eigenvalue weighted by atomic mass is 16.5. The fourth-order valence-electron chi connectivity index (χ4n) is 2.16. The molecule has 17 heavy (non-hydrogen) atoms. The maximum atomic E-state index is 11.2. The summed E-state index contributed by atoms with van der Waals surface area (Å²) in [6, 6.07) is 0. The molecule has 4 heteroatoms. The maximum absolute atomic E-state index is 11.2. The van der Waals surface area contributed by atoms with Crippen molar-refractivity contribution in [1.82, 2.24) is 4.90 Å². The van der Waals surface area contributed by atoms with Gasteiger partial charge in [-0.3, -0.25) is 4.90 Å². The Morgan fingerprint density at radius 3 is 2.94 bits per heavy atom. The fraction of sp³-hybridized carbons (Fsp3) is 0.769. The van der Waals surface area contributed by atoms with Crippen LogP contribution in [0.4, 0.5) is 0 Å². The smallest absolute Gasteiger partial charge is 0.333 e. The molecule has 1 aliphatic heterocycles. The van der Waals surface area contributed by atoms with Gasteiger partial charge < -0.3 is 9.84 Å². The Kier molecular flexibility index (Phi) is 5.65. The first kappa shape index (κ1) is 14.2. The van der Waals surface area contributed by atoms with Gasteiger partial charge in [0.1, 0.15) is 0 Å². The number of nitrogens with zero attached hydrogens (tertiary/aromatic N) is 1. The van der Waals surface area contributed by atoms with Gasteiger partial charge in [-0.25, -0.2) is 4.79 Å². The van der Waals surface area contributed by atoms with Crippen LogP contribution in [0.25, 0.3) is 0 Å². The summed E-state index contributed by atoms with van der Waals surface area (Å²) < 4.78 is 4.65. The molecular weight excluding hydrogens is 218 g/mol. The number of carbonyl (C=O) groups excluding carboxylic acids is 1. The van der Waals surface area contributed by atoms with Gasteiger partial charge >= 0.3 is 5.97 Å². The molecule has 0 aromatic carbocycles. The lowest BCUT2D eigenvalue weighted by Crippen LogP contribution is -2.39. The van der Waals surface area contributed by atoms with Gasteiger partial charge in [0.25, 0.3) is 0 Å². The molecule has 0 spiro atoms. The number of methoxy groups -OCH3 is 1. The number of esters is 1. The van der Waals surface area contributed by atoms with Crippen LogP contribution < -0.4 is 0 Å². The van der Waals surface area contributed by atoms with Gasteiger partial charge in [-0.05, 0) is 39.2 Å². The van der Waals surface area contributed by atoms with Crippen LogP contribution in [0, 0.1) is 5.92 Å². The summed E-state index contributed by atoms with van der Waals surface area (Å²) in [5.74, 6) is 0.0877. The van der Waals surface area contributed by atoms with Gasteiger partial charge in [-0.2, -0.15) is 0 Å². The van der Waals surface area contributed by atoms with E-state index in [-0.39, 0.29) is 12.1 Å². The van der Waals surface area contributed by atoms with Crippen LogP contribution in [-0.4, -0.2) is 48.8 Å². The van der Waals surface area contributed by atoms with Crippen molar-refractivity contribution in [2.75, 3.05) is 26.7 Å². The lowest BCUT2D eigenvalue weighted by molar-refractivity contribution is -0.136. The average Bonchev–Trinajstić information content (AvgIpc) is 2.35. The quantitative estimate of drug-likeness (QED) is 0.593. The van der Waals surface area contributed by atoms with Gasteiger partial charge in [0, 0.05) is 18.7 Å². The summed E-state index contributed by atoms with van der Waals surface area (Å²) in [6.45, 7) is 6.31. The monoisotopic (exact) mass is 241 g/mol. The van der Waals surface area contributed by atoms with Gasteiger partial charge in [0.2, 0.25) is 0 Å². The van der Waals surface area contributed by atoms with Crippen molar-refractivity contribution < 1.29 is 14.6 Å². The van der Waals surface area contributed by atoms with Crippen molar-refractivity contribution in [1.29, 1.82) is 0 Å². The minimum absolute atomic E-state index is 0.247. The largest absolute Gasteiger partial charge is 0.466 e. The highest BCUT2D eigenvalue weighted by Crippen LogP contribution is 2.19. The number of aliphatic hydroxyl groups excluding tert-OH is 1. The van der Waals surface area contributed by atoms with E-state index >= 15 is 0 Å². The number of aliphatic hydroxyl groups is 1. The van der Waals surface area contributed by atoms with Crippen molar-refractivity contribution >= 4 is 5.97 Å². The molecule has 0 amide bonds. The number of ether oxygens (including phenoxy) is 1. The van der Waals surface area contributed by atoms with Crippen LogP contribution in [0.5, 0.6) is 0 Å². The highest BCUT2D eigenvalue weighted by Gasteiger charge is 2.22. The molecule has 0 saturated carbocycles. The van der Waals surface area contributed by atoms with E-state index < -0.39 is 0 Å². The predicted molar refractivity (Wildman–Crippen MR) is 66.6 cm³/mol. The third kappa shape index (κ3) is 4.48. The summed E-state index contributed by atoms with van der Waals surface area (Å²) in [4.78, 5) is 13.5. The summed E-state index contributed by atoms with van der Waals surface area (Å²) in [5, 5.41) is 9.58. The van der Waals surface area contributed by atoms with Gasteiger partial charge in [-0.1, -0.05) is 6.08 Å². The van der Waals surface area contributed by atoms with E-state index in [4.69, 9.17) is 0 Å². The first-order valence-electron chi connectivity index (χ1n) is 6.20. The first-order chi connectivity index (χ1) is 8.04. The van der Waals surface area contributed by atoms with Crippen molar-refractivity contribution in [2.45, 2.75) is 32.8 Å². The van der Waals surface area contributed by atoms with Crippen LogP contribution in [0.1, 0.15) is 26.7 Å². The molecule has 0 aromatic heterocycles. The predicted octanol–water partition coefficient (Wildman–Crippen LogP) is 1.20. The maximum Gasteiger partial charge on any atom is 0.333 e. The Hall–Kier alpha value is -0.870. The summed E-state index contributed by atoms with van der Waals surface area (Å²) in [6.07, 6.45) is 3.86. The molecule has 98 valence electrons. The van der Waals surface area contributed by atoms with Crippen molar-refractivity contribution in [3.05, 3.63) is 11.6 Å². The third-order valence-corrected chi connectivity index (χ3v) is 3.39. The second kappa shape index (κ2) is 6.77.